The fourth-order valence-corrected chi connectivity index (χ4v) is 4.90. The van der Waals surface area contributed by atoms with Crippen molar-refractivity contribution in [3.63, 3.8) is 0 Å². The second kappa shape index (κ2) is 7.29. The summed E-state index contributed by atoms with van der Waals surface area (Å²) in [6.07, 6.45) is 4.34. The van der Waals surface area contributed by atoms with Crippen LogP contribution in [0.5, 0.6) is 5.75 Å². The summed E-state index contributed by atoms with van der Waals surface area (Å²) in [7, 11) is 1.58. The van der Waals surface area contributed by atoms with E-state index in [4.69, 9.17) is 9.47 Å². The molecule has 0 unspecified atom stereocenters. The average Bonchev–Trinajstić information content (AvgIpc) is 3.41. The number of amides is 2. The van der Waals surface area contributed by atoms with Gasteiger partial charge in [0.1, 0.15) is 11.4 Å². The topological polar surface area (TPSA) is 67.9 Å². The highest BCUT2D eigenvalue weighted by atomic mass is 16.5. The van der Waals surface area contributed by atoms with Crippen LogP contribution in [0.4, 0.5) is 5.69 Å². The first-order valence-electron chi connectivity index (χ1n) is 10.2. The van der Waals surface area contributed by atoms with Crippen molar-refractivity contribution in [2.24, 2.45) is 11.8 Å². The van der Waals surface area contributed by atoms with E-state index in [1.807, 2.05) is 53.5 Å². The van der Waals surface area contributed by atoms with Gasteiger partial charge < -0.3 is 19.7 Å². The Morgan fingerprint density at radius 2 is 2.07 bits per heavy atom. The molecule has 154 valence electrons. The van der Waals surface area contributed by atoms with Crippen molar-refractivity contribution >= 4 is 17.5 Å². The molecule has 6 nitrogen and oxygen atoms in total. The first-order chi connectivity index (χ1) is 14.6. The number of hydrogen-bond donors (Lipinski definition) is 1. The number of nitrogens with one attached hydrogen (secondary N) is 1. The summed E-state index contributed by atoms with van der Waals surface area (Å²) >= 11 is 0. The zero-order valence-corrected chi connectivity index (χ0v) is 16.8. The highest BCUT2D eigenvalue weighted by Gasteiger charge is 2.66. The number of fused-ring (bicyclic) bond motifs is 1. The number of benzene rings is 2. The first-order valence-corrected chi connectivity index (χ1v) is 10.2. The highest BCUT2D eigenvalue weighted by molar-refractivity contribution is 5.99. The number of carbonyl (C=O) groups is 2. The zero-order valence-electron chi connectivity index (χ0n) is 16.8. The van der Waals surface area contributed by atoms with Crippen LogP contribution in [0.3, 0.4) is 0 Å². The number of hydrogen-bond acceptors (Lipinski definition) is 4. The minimum absolute atomic E-state index is 0.00331. The summed E-state index contributed by atoms with van der Waals surface area (Å²) in [4.78, 5) is 28.3. The van der Waals surface area contributed by atoms with Crippen molar-refractivity contribution in [2.75, 3.05) is 25.5 Å². The summed E-state index contributed by atoms with van der Waals surface area (Å²) in [5.41, 5.74) is 1.15. The third kappa shape index (κ3) is 3.08. The van der Waals surface area contributed by atoms with Crippen molar-refractivity contribution in [3.05, 3.63) is 72.3 Å². The summed E-state index contributed by atoms with van der Waals surface area (Å²) in [5.74, 6) is -0.534. The molecule has 2 aromatic rings. The first kappa shape index (κ1) is 18.9. The van der Waals surface area contributed by atoms with Gasteiger partial charge in [-0.25, -0.2) is 0 Å². The lowest BCUT2D eigenvalue weighted by molar-refractivity contribution is -0.135. The minimum Gasteiger partial charge on any atom is -0.497 e. The molecular weight excluding hydrogens is 380 g/mol. The van der Waals surface area contributed by atoms with E-state index >= 15 is 0 Å². The van der Waals surface area contributed by atoms with Crippen molar-refractivity contribution in [1.29, 1.82) is 0 Å². The molecule has 3 aliphatic heterocycles. The normalized spacial score (nSPS) is 28.6. The predicted molar refractivity (Wildman–Crippen MR) is 112 cm³/mol. The van der Waals surface area contributed by atoms with E-state index in [2.05, 4.69) is 17.4 Å². The third-order valence-corrected chi connectivity index (χ3v) is 6.33. The van der Waals surface area contributed by atoms with Gasteiger partial charge in [-0.15, -0.1) is 0 Å². The molecule has 1 N–H and O–H groups in total. The van der Waals surface area contributed by atoms with Gasteiger partial charge in [0, 0.05) is 18.3 Å². The third-order valence-electron chi connectivity index (χ3n) is 6.33. The monoisotopic (exact) mass is 404 g/mol. The second-order valence-electron chi connectivity index (χ2n) is 8.12. The maximum absolute atomic E-state index is 13.3. The lowest BCUT2D eigenvalue weighted by Gasteiger charge is -2.23. The van der Waals surface area contributed by atoms with E-state index in [1.165, 1.54) is 5.56 Å². The zero-order chi connectivity index (χ0) is 20.7. The van der Waals surface area contributed by atoms with Crippen LogP contribution in [0.25, 0.3) is 0 Å². The summed E-state index contributed by atoms with van der Waals surface area (Å²) in [5, 5.41) is 2.94. The van der Waals surface area contributed by atoms with Crippen LogP contribution in [0.2, 0.25) is 0 Å². The van der Waals surface area contributed by atoms with Gasteiger partial charge in [-0.3, -0.25) is 9.59 Å². The summed E-state index contributed by atoms with van der Waals surface area (Å²) in [6.45, 7) is 1.12. The SMILES string of the molecule is COc1cccc(NC(=O)[C@H]2[C@H]3C(=O)N(CCc4ccccc4)C[C@@]34C=C[C@H]2O4)c1. The molecule has 6 heteroatoms. The van der Waals surface area contributed by atoms with Gasteiger partial charge in [0.05, 0.1) is 31.6 Å². The molecule has 0 radical (unpaired) electrons. The molecule has 2 amide bonds. The van der Waals surface area contributed by atoms with Gasteiger partial charge in [0.15, 0.2) is 0 Å². The number of anilines is 1. The van der Waals surface area contributed by atoms with Crippen LogP contribution in [0.15, 0.2) is 66.7 Å². The Morgan fingerprint density at radius 1 is 1.23 bits per heavy atom. The standard InChI is InChI=1S/C24H24N2O4/c1-29-18-9-5-8-17(14-18)25-22(27)20-19-10-12-24(30-19)15-26(23(28)21(20)24)13-11-16-6-3-2-4-7-16/h2-10,12,14,19-21H,11,13,15H2,1H3,(H,25,27)/t19-,20-,21+,24+/m1/s1. The van der Waals surface area contributed by atoms with E-state index in [9.17, 15) is 9.59 Å². The van der Waals surface area contributed by atoms with Crippen LogP contribution < -0.4 is 10.1 Å². The molecule has 3 heterocycles. The molecule has 0 aliphatic carbocycles. The Morgan fingerprint density at radius 3 is 2.87 bits per heavy atom. The number of likely N-dealkylation sites (tertiary alicyclic amines) is 1. The average molecular weight is 404 g/mol. The predicted octanol–water partition coefficient (Wildman–Crippen LogP) is 2.66. The van der Waals surface area contributed by atoms with Crippen LogP contribution in [-0.2, 0) is 20.7 Å². The van der Waals surface area contributed by atoms with E-state index in [-0.39, 0.29) is 17.9 Å². The van der Waals surface area contributed by atoms with Gasteiger partial charge in [-0.1, -0.05) is 48.6 Å². The number of ether oxygens (including phenoxy) is 2. The Hall–Kier alpha value is -3.12. The van der Waals surface area contributed by atoms with Crippen molar-refractivity contribution in [1.82, 2.24) is 4.90 Å². The van der Waals surface area contributed by atoms with E-state index in [1.54, 1.807) is 13.2 Å². The molecule has 0 aromatic heterocycles. The molecule has 0 saturated carbocycles. The highest BCUT2D eigenvalue weighted by Crippen LogP contribution is 2.52. The molecule has 4 atom stereocenters. The number of carbonyl (C=O) groups excluding carboxylic acids is 2. The van der Waals surface area contributed by atoms with Crippen molar-refractivity contribution in [2.45, 2.75) is 18.1 Å². The second-order valence-corrected chi connectivity index (χ2v) is 8.12. The lowest BCUT2D eigenvalue weighted by atomic mass is 9.77. The quantitative estimate of drug-likeness (QED) is 0.752. The molecule has 1 spiro atoms. The number of rotatable bonds is 6. The van der Waals surface area contributed by atoms with Crippen LogP contribution in [-0.4, -0.2) is 48.6 Å². The molecule has 2 aromatic carbocycles. The Balaban J connectivity index is 1.32. The minimum atomic E-state index is -0.686. The Bertz CT molecular complexity index is 1010. The van der Waals surface area contributed by atoms with Crippen molar-refractivity contribution in [3.8, 4) is 5.75 Å². The van der Waals surface area contributed by atoms with Crippen LogP contribution in [0.1, 0.15) is 5.56 Å². The number of nitrogens with zero attached hydrogens (tertiary/aromatic N) is 1. The smallest absolute Gasteiger partial charge is 0.231 e. The molecule has 5 rings (SSSR count). The van der Waals surface area contributed by atoms with Crippen molar-refractivity contribution < 1.29 is 19.1 Å². The Labute approximate surface area is 175 Å². The van der Waals surface area contributed by atoms with E-state index in [0.29, 0.717) is 24.5 Å². The Kier molecular flexibility index (Phi) is 4.59. The summed E-state index contributed by atoms with van der Waals surface area (Å²) < 4.78 is 11.4. The van der Waals surface area contributed by atoms with Crippen LogP contribution in [0, 0.1) is 11.8 Å². The molecule has 2 fully saturated rings. The molecular formula is C24H24N2O4. The fourth-order valence-electron chi connectivity index (χ4n) is 4.90. The molecule has 2 saturated heterocycles. The largest absolute Gasteiger partial charge is 0.497 e. The van der Waals surface area contributed by atoms with Gasteiger partial charge in [0.2, 0.25) is 11.8 Å². The maximum Gasteiger partial charge on any atom is 0.231 e. The lowest BCUT2D eigenvalue weighted by Crippen LogP contribution is -2.41. The van der Waals surface area contributed by atoms with E-state index < -0.39 is 17.4 Å². The fraction of sp³-hybridized carbons (Fsp3) is 0.333. The van der Waals surface area contributed by atoms with Gasteiger partial charge >= 0.3 is 0 Å². The van der Waals surface area contributed by atoms with Crippen LogP contribution >= 0.6 is 0 Å². The van der Waals surface area contributed by atoms with Gasteiger partial charge in [-0.2, -0.15) is 0 Å². The molecule has 2 bridgehead atoms. The van der Waals surface area contributed by atoms with Gasteiger partial charge in [-0.05, 0) is 24.1 Å². The summed E-state index contributed by atoms with van der Waals surface area (Å²) in [6, 6.07) is 17.3. The number of methoxy groups -OCH3 is 1. The molecule has 3 aliphatic rings. The van der Waals surface area contributed by atoms with Gasteiger partial charge in [0.25, 0.3) is 0 Å². The molecule has 30 heavy (non-hydrogen) atoms. The van der Waals surface area contributed by atoms with E-state index in [0.717, 1.165) is 6.42 Å². The maximum atomic E-state index is 13.3.